The van der Waals surface area contributed by atoms with Crippen LogP contribution in [0.15, 0.2) is 28.8 Å². The summed E-state index contributed by atoms with van der Waals surface area (Å²) in [7, 11) is 0. The molecule has 2 heterocycles. The SMILES string of the molecule is CC(O)c1noc(-c2cc3ccc(F)cc3s2)n1. The van der Waals surface area contributed by atoms with Crippen LogP contribution >= 0.6 is 11.3 Å². The van der Waals surface area contributed by atoms with Crippen molar-refractivity contribution in [3.8, 4) is 10.8 Å². The second kappa shape index (κ2) is 4.15. The number of aliphatic hydroxyl groups excluding tert-OH is 1. The van der Waals surface area contributed by atoms with E-state index in [4.69, 9.17) is 4.52 Å². The zero-order chi connectivity index (χ0) is 12.7. The maximum absolute atomic E-state index is 13.1. The van der Waals surface area contributed by atoms with Gasteiger partial charge in [-0.05, 0) is 30.5 Å². The number of aliphatic hydroxyl groups is 1. The molecular formula is C12H9FN2O2S. The van der Waals surface area contributed by atoms with Gasteiger partial charge < -0.3 is 9.63 Å². The van der Waals surface area contributed by atoms with Crippen molar-refractivity contribution in [2.24, 2.45) is 0 Å². The summed E-state index contributed by atoms with van der Waals surface area (Å²) in [5.74, 6) is 0.312. The third-order valence-electron chi connectivity index (χ3n) is 2.51. The lowest BCUT2D eigenvalue weighted by Crippen LogP contribution is -1.92. The molecule has 0 bridgehead atoms. The molecule has 2 aromatic heterocycles. The van der Waals surface area contributed by atoms with Crippen LogP contribution in [0.2, 0.25) is 0 Å². The Hall–Kier alpha value is -1.79. The summed E-state index contributed by atoms with van der Waals surface area (Å²) in [6.07, 6.45) is -0.769. The highest BCUT2D eigenvalue weighted by atomic mass is 32.1. The molecule has 4 nitrogen and oxygen atoms in total. The van der Waals surface area contributed by atoms with Gasteiger partial charge in [-0.3, -0.25) is 0 Å². The first-order valence-corrected chi connectivity index (χ1v) is 6.16. The summed E-state index contributed by atoms with van der Waals surface area (Å²) in [6, 6.07) is 6.44. The van der Waals surface area contributed by atoms with Crippen LogP contribution in [0.4, 0.5) is 4.39 Å². The van der Waals surface area contributed by atoms with Crippen LogP contribution in [0.1, 0.15) is 18.9 Å². The highest BCUT2D eigenvalue weighted by Gasteiger charge is 2.14. The minimum atomic E-state index is -0.769. The van der Waals surface area contributed by atoms with Gasteiger partial charge in [-0.15, -0.1) is 11.3 Å². The van der Waals surface area contributed by atoms with Gasteiger partial charge in [-0.25, -0.2) is 4.39 Å². The van der Waals surface area contributed by atoms with Gasteiger partial charge in [0, 0.05) is 4.70 Å². The van der Waals surface area contributed by atoms with E-state index in [1.165, 1.54) is 23.5 Å². The van der Waals surface area contributed by atoms with E-state index >= 15 is 0 Å². The second-order valence-corrected chi connectivity index (χ2v) is 5.01. The summed E-state index contributed by atoms with van der Waals surface area (Å²) in [4.78, 5) is 4.85. The molecule has 0 aliphatic carbocycles. The van der Waals surface area contributed by atoms with Gasteiger partial charge in [0.05, 0.1) is 4.88 Å². The Morgan fingerprint density at radius 2 is 2.22 bits per heavy atom. The summed E-state index contributed by atoms with van der Waals surface area (Å²) in [5.41, 5.74) is 0. The molecule has 92 valence electrons. The van der Waals surface area contributed by atoms with E-state index in [-0.39, 0.29) is 11.6 Å². The smallest absolute Gasteiger partial charge is 0.268 e. The van der Waals surface area contributed by atoms with Crippen molar-refractivity contribution < 1.29 is 14.0 Å². The number of fused-ring (bicyclic) bond motifs is 1. The van der Waals surface area contributed by atoms with Crippen LogP contribution in [0.5, 0.6) is 0 Å². The fraction of sp³-hybridized carbons (Fsp3) is 0.167. The Labute approximate surface area is 106 Å². The summed E-state index contributed by atoms with van der Waals surface area (Å²) < 4.78 is 19.0. The maximum Gasteiger partial charge on any atom is 0.268 e. The minimum absolute atomic E-state index is 0.244. The largest absolute Gasteiger partial charge is 0.385 e. The molecule has 1 N–H and O–H groups in total. The lowest BCUT2D eigenvalue weighted by molar-refractivity contribution is 0.184. The molecule has 18 heavy (non-hydrogen) atoms. The number of aromatic nitrogens is 2. The number of hydrogen-bond donors (Lipinski definition) is 1. The van der Waals surface area contributed by atoms with Crippen LogP contribution in [0.25, 0.3) is 20.9 Å². The molecule has 3 aromatic rings. The Balaban J connectivity index is 2.07. The lowest BCUT2D eigenvalue weighted by Gasteiger charge is -1.91. The van der Waals surface area contributed by atoms with Crippen molar-refractivity contribution in [2.75, 3.05) is 0 Å². The van der Waals surface area contributed by atoms with Crippen molar-refractivity contribution in [1.82, 2.24) is 10.1 Å². The standard InChI is InChI=1S/C12H9FN2O2S/c1-6(16)11-14-12(17-15-11)10-4-7-2-3-8(13)5-9(7)18-10/h2-6,16H,1H3. The zero-order valence-corrected chi connectivity index (χ0v) is 10.2. The molecule has 1 atom stereocenters. The molecule has 3 rings (SSSR count). The fourth-order valence-corrected chi connectivity index (χ4v) is 2.62. The molecule has 0 aliphatic heterocycles. The van der Waals surface area contributed by atoms with E-state index in [2.05, 4.69) is 10.1 Å². The van der Waals surface area contributed by atoms with Crippen LogP contribution in [0.3, 0.4) is 0 Å². The summed E-state index contributed by atoms with van der Waals surface area (Å²) in [6.45, 7) is 1.56. The predicted octanol–water partition coefficient (Wildman–Crippen LogP) is 3.14. The quantitative estimate of drug-likeness (QED) is 0.772. The van der Waals surface area contributed by atoms with Crippen LogP contribution in [-0.4, -0.2) is 15.2 Å². The van der Waals surface area contributed by atoms with Gasteiger partial charge in [0.25, 0.3) is 5.89 Å². The third kappa shape index (κ3) is 1.89. The first kappa shape index (κ1) is 11.3. The normalized spacial score (nSPS) is 13.1. The van der Waals surface area contributed by atoms with E-state index in [1.54, 1.807) is 13.0 Å². The van der Waals surface area contributed by atoms with Crippen molar-refractivity contribution in [1.29, 1.82) is 0 Å². The van der Waals surface area contributed by atoms with Crippen molar-refractivity contribution in [3.05, 3.63) is 35.9 Å². The molecule has 0 spiro atoms. The highest BCUT2D eigenvalue weighted by Crippen LogP contribution is 2.33. The maximum atomic E-state index is 13.1. The average Bonchev–Trinajstić information content (AvgIpc) is 2.93. The van der Waals surface area contributed by atoms with Gasteiger partial charge in [0.15, 0.2) is 5.82 Å². The van der Waals surface area contributed by atoms with E-state index in [0.717, 1.165) is 15.0 Å². The third-order valence-corrected chi connectivity index (χ3v) is 3.59. The van der Waals surface area contributed by atoms with E-state index < -0.39 is 6.10 Å². The Bertz CT molecular complexity index is 705. The average molecular weight is 264 g/mol. The number of thiophene rings is 1. The molecule has 0 saturated heterocycles. The van der Waals surface area contributed by atoms with E-state index in [9.17, 15) is 9.50 Å². The number of hydrogen-bond acceptors (Lipinski definition) is 5. The van der Waals surface area contributed by atoms with Gasteiger partial charge in [0.2, 0.25) is 0 Å². The Morgan fingerprint density at radius 3 is 2.94 bits per heavy atom. The van der Waals surface area contributed by atoms with Crippen LogP contribution in [0, 0.1) is 5.82 Å². The monoisotopic (exact) mass is 264 g/mol. The number of nitrogens with zero attached hydrogens (tertiary/aromatic N) is 2. The van der Waals surface area contributed by atoms with Crippen LogP contribution in [-0.2, 0) is 0 Å². The first-order chi connectivity index (χ1) is 8.63. The number of benzene rings is 1. The fourth-order valence-electron chi connectivity index (χ4n) is 1.62. The minimum Gasteiger partial charge on any atom is -0.385 e. The summed E-state index contributed by atoms with van der Waals surface area (Å²) >= 11 is 1.37. The molecule has 6 heteroatoms. The molecule has 0 aliphatic rings. The molecule has 0 radical (unpaired) electrons. The molecule has 0 fully saturated rings. The van der Waals surface area contributed by atoms with Crippen LogP contribution < -0.4 is 0 Å². The first-order valence-electron chi connectivity index (χ1n) is 5.34. The van der Waals surface area contributed by atoms with Gasteiger partial charge in [-0.1, -0.05) is 11.2 Å². The van der Waals surface area contributed by atoms with E-state index in [0.29, 0.717) is 5.89 Å². The lowest BCUT2D eigenvalue weighted by atomic mass is 10.2. The summed E-state index contributed by atoms with van der Waals surface area (Å²) in [5, 5.41) is 13.9. The molecule has 1 aromatic carbocycles. The molecular weight excluding hydrogens is 255 g/mol. The Morgan fingerprint density at radius 1 is 1.39 bits per heavy atom. The molecule has 0 amide bonds. The van der Waals surface area contributed by atoms with Crippen molar-refractivity contribution in [3.63, 3.8) is 0 Å². The zero-order valence-electron chi connectivity index (χ0n) is 9.42. The number of halogens is 1. The second-order valence-electron chi connectivity index (χ2n) is 3.93. The van der Waals surface area contributed by atoms with Gasteiger partial charge >= 0.3 is 0 Å². The van der Waals surface area contributed by atoms with Crippen molar-refractivity contribution in [2.45, 2.75) is 13.0 Å². The van der Waals surface area contributed by atoms with E-state index in [1.807, 2.05) is 6.07 Å². The molecule has 1 unspecified atom stereocenters. The highest BCUT2D eigenvalue weighted by molar-refractivity contribution is 7.22. The topological polar surface area (TPSA) is 59.2 Å². The van der Waals surface area contributed by atoms with Crippen molar-refractivity contribution >= 4 is 21.4 Å². The Kier molecular flexibility index (Phi) is 2.61. The van der Waals surface area contributed by atoms with Gasteiger partial charge in [0.1, 0.15) is 11.9 Å². The number of rotatable bonds is 2. The predicted molar refractivity (Wildman–Crippen MR) is 65.7 cm³/mol. The van der Waals surface area contributed by atoms with Gasteiger partial charge in [-0.2, -0.15) is 4.98 Å². The molecule has 0 saturated carbocycles.